The van der Waals surface area contributed by atoms with Crippen LogP contribution in [0.15, 0.2) is 20.7 Å². The highest BCUT2D eigenvalue weighted by Crippen LogP contribution is 2.25. The minimum Gasteiger partial charge on any atom is -0.464 e. The molecule has 2 aromatic heterocycles. The van der Waals surface area contributed by atoms with Crippen LogP contribution in [-0.4, -0.2) is 91.1 Å². The molecule has 1 aliphatic heterocycles. The number of carbonyl (C=O) groups excluding carboxylic acids is 4. The molecule has 3 atom stereocenters. The van der Waals surface area contributed by atoms with E-state index in [1.807, 2.05) is 5.38 Å². The molecule has 3 heterocycles. The molecule has 3 amide bonds. The molecule has 0 radical (unpaired) electrons. The smallest absolute Gasteiger partial charge is 0.357 e. The topological polar surface area (TPSA) is 216 Å². The predicted molar refractivity (Wildman–Crippen MR) is 152 cm³/mol. The summed E-state index contributed by atoms with van der Waals surface area (Å²) in [6.45, 7) is 0.616. The molecule has 0 aliphatic carbocycles. The van der Waals surface area contributed by atoms with Gasteiger partial charge in [-0.3, -0.25) is 24.7 Å². The van der Waals surface area contributed by atoms with Crippen molar-refractivity contribution in [2.45, 2.75) is 50.2 Å². The van der Waals surface area contributed by atoms with Crippen LogP contribution in [0.2, 0.25) is 0 Å². The van der Waals surface area contributed by atoms with Crippen LogP contribution in [0, 0.1) is 0 Å². The molecule has 3 rings (SSSR count). The highest BCUT2D eigenvalue weighted by Gasteiger charge is 2.28. The Labute approximate surface area is 239 Å². The summed E-state index contributed by atoms with van der Waals surface area (Å²) in [5, 5.41) is 13.1. The van der Waals surface area contributed by atoms with Gasteiger partial charge in [0, 0.05) is 36.4 Å². The summed E-state index contributed by atoms with van der Waals surface area (Å²) in [5.74, 6) is -2.18. The second-order valence-corrected chi connectivity index (χ2v) is 10.5. The van der Waals surface area contributed by atoms with Gasteiger partial charge in [-0.2, -0.15) is 0 Å². The quantitative estimate of drug-likeness (QED) is 0.126. The van der Waals surface area contributed by atoms with Crippen LogP contribution in [0.25, 0.3) is 10.7 Å². The van der Waals surface area contributed by atoms with Crippen molar-refractivity contribution < 1.29 is 23.9 Å². The lowest BCUT2D eigenvalue weighted by atomic mass is 10.1. The number of amides is 3. The number of ether oxygens (including phenoxy) is 1. The minimum absolute atomic E-state index is 0.142. The Balaban J connectivity index is 1.58. The summed E-state index contributed by atoms with van der Waals surface area (Å²) < 4.78 is 4.69. The largest absolute Gasteiger partial charge is 0.464 e. The van der Waals surface area contributed by atoms with E-state index in [0.717, 1.165) is 11.4 Å². The molecule has 1 unspecified atom stereocenters. The van der Waals surface area contributed by atoms with Crippen LogP contribution in [0.4, 0.5) is 0 Å². The van der Waals surface area contributed by atoms with Gasteiger partial charge in [-0.25, -0.2) is 19.8 Å². The van der Waals surface area contributed by atoms with E-state index in [2.05, 4.69) is 35.9 Å². The number of carbonyl (C=O) groups is 4. The van der Waals surface area contributed by atoms with E-state index in [4.69, 9.17) is 16.2 Å². The number of imide groups is 1. The van der Waals surface area contributed by atoms with Gasteiger partial charge in [-0.1, -0.05) is 6.42 Å². The van der Waals surface area contributed by atoms with Gasteiger partial charge in [-0.05, 0) is 19.4 Å². The number of aromatic nitrogens is 2. The van der Waals surface area contributed by atoms with E-state index in [9.17, 15) is 19.2 Å². The fourth-order valence-corrected chi connectivity index (χ4v) is 5.34. The van der Waals surface area contributed by atoms with Gasteiger partial charge >= 0.3 is 5.97 Å². The minimum atomic E-state index is -1.00. The van der Waals surface area contributed by atoms with E-state index in [1.165, 1.54) is 36.1 Å². The summed E-state index contributed by atoms with van der Waals surface area (Å²) >= 11 is 2.74. The molecule has 14 nitrogen and oxygen atoms in total. The van der Waals surface area contributed by atoms with Crippen LogP contribution in [-0.2, 0) is 25.5 Å². The summed E-state index contributed by atoms with van der Waals surface area (Å²) in [4.78, 5) is 66.4. The molecule has 2 aromatic rings. The van der Waals surface area contributed by atoms with Crippen LogP contribution >= 0.6 is 22.7 Å². The lowest BCUT2D eigenvalue weighted by molar-refractivity contribution is -0.135. The molecular formula is C24H33N9O5S2. The number of aliphatic imine (C=N–C) groups is 2. The molecule has 40 heavy (non-hydrogen) atoms. The van der Waals surface area contributed by atoms with Crippen molar-refractivity contribution in [2.24, 2.45) is 21.5 Å². The molecule has 1 aliphatic rings. The van der Waals surface area contributed by atoms with E-state index < -0.39 is 35.8 Å². The number of esters is 1. The van der Waals surface area contributed by atoms with Gasteiger partial charge in [0.25, 0.3) is 0 Å². The van der Waals surface area contributed by atoms with Crippen LogP contribution < -0.4 is 27.4 Å². The number of hydrogen-bond acceptors (Lipinski definition) is 14. The highest BCUT2D eigenvalue weighted by molar-refractivity contribution is 7.14. The standard InChI is InChI=1S/C24H33N9O5S2/c1-38-24(37)18-12-40-23(32-18)17-11-39-20(31-17)5-7-28-15(4-2-3-6-25)21(35)33-22(36)16(30-19(34)9-26)8-14-10-27-13-29-14/h10-16,28H,2-9,25-26H2,1H3,(H,30,34)(H,33,35,36)/t14?,15-,16-/m0/s1. The number of rotatable bonds is 16. The van der Waals surface area contributed by atoms with Crippen molar-refractivity contribution >= 4 is 58.9 Å². The number of thiazole rings is 2. The molecule has 0 saturated carbocycles. The summed E-state index contributed by atoms with van der Waals surface area (Å²) in [5.41, 5.74) is 11.9. The third-order valence-corrected chi connectivity index (χ3v) is 7.58. The Morgan fingerprint density at radius 3 is 2.58 bits per heavy atom. The zero-order valence-corrected chi connectivity index (χ0v) is 23.6. The normalized spacial score (nSPS) is 15.5. The lowest BCUT2D eigenvalue weighted by Crippen LogP contribution is -2.54. The maximum atomic E-state index is 13.1. The summed E-state index contributed by atoms with van der Waals surface area (Å²) in [6, 6.07) is -2.05. The molecule has 0 aromatic carbocycles. The SMILES string of the molecule is COC(=O)c1csc(-c2csc(CCN[C@@H](CCCCN)C(=O)NC(=O)[C@H](CC3C=NC=N3)NC(=O)CN)n2)n1. The Morgan fingerprint density at radius 1 is 1.07 bits per heavy atom. The fraction of sp³-hybridized carbons (Fsp3) is 0.500. The number of methoxy groups -OCH3 is 1. The first kappa shape index (κ1) is 31.1. The number of nitrogens with zero attached hydrogens (tertiary/aromatic N) is 4. The Hall–Kier alpha value is -3.44. The zero-order chi connectivity index (χ0) is 28.9. The molecule has 7 N–H and O–H groups in total. The van der Waals surface area contributed by atoms with Gasteiger partial charge < -0.3 is 26.8 Å². The Bertz CT molecular complexity index is 1220. The summed E-state index contributed by atoms with van der Waals surface area (Å²) in [6.07, 6.45) is 5.48. The fourth-order valence-electron chi connectivity index (χ4n) is 3.73. The molecular weight excluding hydrogens is 558 g/mol. The third kappa shape index (κ3) is 9.34. The van der Waals surface area contributed by atoms with Gasteiger partial charge in [-0.15, -0.1) is 22.7 Å². The van der Waals surface area contributed by atoms with E-state index in [-0.39, 0.29) is 24.7 Å². The van der Waals surface area contributed by atoms with Gasteiger partial charge in [0.05, 0.1) is 30.7 Å². The van der Waals surface area contributed by atoms with Crippen molar-refractivity contribution in [1.29, 1.82) is 0 Å². The number of unbranched alkanes of at least 4 members (excludes halogenated alkanes) is 1. The van der Waals surface area contributed by atoms with Crippen molar-refractivity contribution in [3.8, 4) is 10.7 Å². The average Bonchev–Trinajstić information content (AvgIpc) is 3.73. The predicted octanol–water partition coefficient (Wildman–Crippen LogP) is -0.359. The maximum absolute atomic E-state index is 13.1. The van der Waals surface area contributed by atoms with Gasteiger partial charge in [0.15, 0.2) is 5.69 Å². The van der Waals surface area contributed by atoms with Crippen molar-refractivity contribution in [3.63, 3.8) is 0 Å². The molecule has 0 bridgehead atoms. The average molecular weight is 592 g/mol. The third-order valence-electron chi connectivity index (χ3n) is 5.81. The molecule has 16 heteroatoms. The number of nitrogens with two attached hydrogens (primary N) is 2. The van der Waals surface area contributed by atoms with Crippen LogP contribution in [0.3, 0.4) is 0 Å². The highest BCUT2D eigenvalue weighted by atomic mass is 32.1. The van der Waals surface area contributed by atoms with Crippen LogP contribution in [0.1, 0.15) is 41.2 Å². The van der Waals surface area contributed by atoms with E-state index >= 15 is 0 Å². The lowest BCUT2D eigenvalue weighted by Gasteiger charge is -2.22. The van der Waals surface area contributed by atoms with Crippen molar-refractivity contribution in [1.82, 2.24) is 25.9 Å². The van der Waals surface area contributed by atoms with Gasteiger partial charge in [0.1, 0.15) is 23.1 Å². The Kier molecular flexibility index (Phi) is 12.4. The first-order valence-electron chi connectivity index (χ1n) is 12.7. The number of nitrogens with one attached hydrogen (secondary N) is 3. The molecule has 0 fully saturated rings. The van der Waals surface area contributed by atoms with Crippen molar-refractivity contribution in [2.75, 3.05) is 26.7 Å². The van der Waals surface area contributed by atoms with Crippen molar-refractivity contribution in [3.05, 3.63) is 21.5 Å². The number of hydrogen-bond donors (Lipinski definition) is 5. The van der Waals surface area contributed by atoms with E-state index in [1.54, 1.807) is 11.6 Å². The van der Waals surface area contributed by atoms with Gasteiger partial charge in [0.2, 0.25) is 17.7 Å². The first-order valence-corrected chi connectivity index (χ1v) is 14.4. The molecule has 0 saturated heterocycles. The maximum Gasteiger partial charge on any atom is 0.357 e. The zero-order valence-electron chi connectivity index (χ0n) is 22.0. The van der Waals surface area contributed by atoms with Crippen LogP contribution in [0.5, 0.6) is 0 Å². The summed E-state index contributed by atoms with van der Waals surface area (Å²) in [7, 11) is 1.30. The molecule has 216 valence electrons. The first-order chi connectivity index (χ1) is 19.3. The monoisotopic (exact) mass is 591 g/mol. The second-order valence-electron chi connectivity index (χ2n) is 8.74. The molecule has 0 spiro atoms. The Morgan fingerprint density at radius 2 is 1.88 bits per heavy atom. The van der Waals surface area contributed by atoms with E-state index in [0.29, 0.717) is 43.1 Å². The second kappa shape index (κ2) is 16.0.